The summed E-state index contributed by atoms with van der Waals surface area (Å²) >= 11 is 0. The maximum atomic E-state index is 12.4. The van der Waals surface area contributed by atoms with Gasteiger partial charge in [0.15, 0.2) is 16.3 Å². The zero-order valence-corrected chi connectivity index (χ0v) is 10.7. The largest absolute Gasteiger partial charge is 1.00 e. The van der Waals surface area contributed by atoms with E-state index in [-0.39, 0.29) is 29.6 Å². The monoisotopic (exact) mass is 282 g/mol. The molecule has 0 amide bonds. The first-order chi connectivity index (χ1) is 6.38. The summed E-state index contributed by atoms with van der Waals surface area (Å²) in [6, 6.07) is 0. The van der Waals surface area contributed by atoms with Gasteiger partial charge in [0.25, 0.3) is 0 Å². The maximum Gasteiger partial charge on any atom is 1.00 e. The average Bonchev–Trinajstić information content (AvgIpc) is 1.96. The van der Waals surface area contributed by atoms with Crippen LogP contribution in [0.25, 0.3) is 0 Å². The van der Waals surface area contributed by atoms with E-state index in [9.17, 15) is 39.3 Å². The van der Waals surface area contributed by atoms with Crippen LogP contribution in [0.15, 0.2) is 0 Å². The minimum Gasteiger partial charge on any atom is -0.743 e. The van der Waals surface area contributed by atoms with Gasteiger partial charge in [0.1, 0.15) is 0 Å². The average molecular weight is 282 g/mol. The second-order valence-corrected chi connectivity index (χ2v) is 4.09. The third kappa shape index (κ3) is 5.71. The third-order valence-electron chi connectivity index (χ3n) is 1.38. The smallest absolute Gasteiger partial charge is 0.743 e. The van der Waals surface area contributed by atoms with Crippen molar-refractivity contribution >= 4 is 10.1 Å². The van der Waals surface area contributed by atoms with Crippen LogP contribution in [0.5, 0.6) is 0 Å². The molecule has 0 aliphatic heterocycles. The van der Waals surface area contributed by atoms with Gasteiger partial charge in [0, 0.05) is 6.42 Å². The molecule has 0 saturated carbocycles. The summed E-state index contributed by atoms with van der Waals surface area (Å²) in [5.41, 5.74) is 0. The van der Waals surface area contributed by atoms with E-state index < -0.39 is 40.6 Å². The summed E-state index contributed by atoms with van der Waals surface area (Å²) < 4.78 is 101. The molecule has 0 spiro atoms. The fraction of sp³-hybridized carbons (Fsp3) is 1.00. The van der Waals surface area contributed by atoms with Gasteiger partial charge in [-0.25, -0.2) is 12.8 Å². The normalized spacial score (nSPS) is 15.4. The molecule has 0 bridgehead atoms. The molecular formula is C5H5F6NaO3S. The molecule has 0 aromatic carbocycles. The second-order valence-electron chi connectivity index (χ2n) is 2.64. The van der Waals surface area contributed by atoms with E-state index in [1.165, 1.54) is 0 Å². The number of alkyl halides is 6. The number of rotatable bonds is 4. The van der Waals surface area contributed by atoms with Crippen LogP contribution in [0.2, 0.25) is 0 Å². The Bertz CT molecular complexity index is 313. The molecule has 0 N–H and O–H groups in total. The summed E-state index contributed by atoms with van der Waals surface area (Å²) in [5.74, 6) is 0. The van der Waals surface area contributed by atoms with Gasteiger partial charge < -0.3 is 4.55 Å². The van der Waals surface area contributed by atoms with Gasteiger partial charge in [-0.05, 0) is 6.42 Å². The van der Waals surface area contributed by atoms with Crippen molar-refractivity contribution in [3.05, 3.63) is 0 Å². The van der Waals surface area contributed by atoms with E-state index in [1.54, 1.807) is 0 Å². The van der Waals surface area contributed by atoms with Crippen LogP contribution in [0.1, 0.15) is 12.8 Å². The van der Waals surface area contributed by atoms with E-state index in [4.69, 9.17) is 0 Å². The molecular weight excluding hydrogens is 277 g/mol. The Morgan fingerprint density at radius 1 is 1.12 bits per heavy atom. The quantitative estimate of drug-likeness (QED) is 0.370. The fourth-order valence-electron chi connectivity index (χ4n) is 0.615. The molecule has 3 nitrogen and oxygen atoms in total. The van der Waals surface area contributed by atoms with E-state index in [1.807, 2.05) is 0 Å². The van der Waals surface area contributed by atoms with Crippen molar-refractivity contribution in [1.82, 2.24) is 0 Å². The molecule has 11 heteroatoms. The molecule has 0 radical (unpaired) electrons. The molecule has 0 heterocycles. The van der Waals surface area contributed by atoms with Crippen molar-refractivity contribution in [3.63, 3.8) is 0 Å². The SMILES string of the molecule is O=S(=O)([O-])C(F)(F)C(F)CCC(F)(F)F.[Na+]. The molecule has 0 rings (SSSR count). The van der Waals surface area contributed by atoms with Crippen molar-refractivity contribution in [2.24, 2.45) is 0 Å². The summed E-state index contributed by atoms with van der Waals surface area (Å²) in [6.07, 6.45) is -12.3. The van der Waals surface area contributed by atoms with Gasteiger partial charge in [-0.2, -0.15) is 22.0 Å². The molecule has 92 valence electrons. The molecule has 0 aromatic heterocycles. The molecule has 0 fully saturated rings. The second kappa shape index (κ2) is 5.89. The Morgan fingerprint density at radius 3 is 1.75 bits per heavy atom. The molecule has 16 heavy (non-hydrogen) atoms. The predicted molar refractivity (Wildman–Crippen MR) is 34.8 cm³/mol. The van der Waals surface area contributed by atoms with E-state index >= 15 is 0 Å². The van der Waals surface area contributed by atoms with Crippen molar-refractivity contribution in [2.75, 3.05) is 0 Å². The third-order valence-corrected chi connectivity index (χ3v) is 2.30. The minimum absolute atomic E-state index is 0. The van der Waals surface area contributed by atoms with Crippen LogP contribution in [-0.2, 0) is 10.1 Å². The number of hydrogen-bond acceptors (Lipinski definition) is 3. The first kappa shape index (κ1) is 18.8. The summed E-state index contributed by atoms with van der Waals surface area (Å²) in [6.45, 7) is 0. The maximum absolute atomic E-state index is 12.4. The number of halogens is 6. The Labute approximate surface area is 109 Å². The van der Waals surface area contributed by atoms with Gasteiger partial charge >= 0.3 is 41.0 Å². The van der Waals surface area contributed by atoms with Gasteiger partial charge in [-0.1, -0.05) is 0 Å². The standard InChI is InChI=1S/C5H6F6O3S.Na/c6-3(1-2-4(7,8)9)5(10,11)15(12,13)14;/h3H,1-2H2,(H,12,13,14);/q;+1/p-1. The molecule has 0 aliphatic carbocycles. The molecule has 1 atom stereocenters. The summed E-state index contributed by atoms with van der Waals surface area (Å²) in [5, 5.41) is -5.34. The molecule has 1 unspecified atom stereocenters. The van der Waals surface area contributed by atoms with Crippen LogP contribution in [0.3, 0.4) is 0 Å². The van der Waals surface area contributed by atoms with Gasteiger partial charge in [0.05, 0.1) is 0 Å². The van der Waals surface area contributed by atoms with Crippen molar-refractivity contribution in [3.8, 4) is 0 Å². The summed E-state index contributed by atoms with van der Waals surface area (Å²) in [4.78, 5) is 0. The van der Waals surface area contributed by atoms with Crippen LogP contribution in [-0.4, -0.2) is 30.6 Å². The Hall–Kier alpha value is 0.490. The fourth-order valence-corrected chi connectivity index (χ4v) is 1.05. The van der Waals surface area contributed by atoms with Crippen molar-refractivity contribution in [1.29, 1.82) is 0 Å². The Balaban J connectivity index is 0. The molecule has 0 aromatic rings. The van der Waals surface area contributed by atoms with E-state index in [0.29, 0.717) is 0 Å². The molecule has 0 aliphatic rings. The zero-order chi connectivity index (χ0) is 12.5. The minimum atomic E-state index is -6.29. The topological polar surface area (TPSA) is 57.2 Å². The summed E-state index contributed by atoms with van der Waals surface area (Å²) in [7, 11) is -6.29. The first-order valence-corrected chi connectivity index (χ1v) is 4.83. The van der Waals surface area contributed by atoms with Crippen LogP contribution >= 0.6 is 0 Å². The zero-order valence-electron chi connectivity index (χ0n) is 7.89. The van der Waals surface area contributed by atoms with E-state index in [2.05, 4.69) is 0 Å². The first-order valence-electron chi connectivity index (χ1n) is 3.42. The van der Waals surface area contributed by atoms with Gasteiger partial charge in [0.2, 0.25) is 0 Å². The Morgan fingerprint density at radius 2 is 1.50 bits per heavy atom. The van der Waals surface area contributed by atoms with Gasteiger partial charge in [-0.3, -0.25) is 0 Å². The number of hydrogen-bond donors (Lipinski definition) is 0. The van der Waals surface area contributed by atoms with Crippen LogP contribution in [0, 0.1) is 0 Å². The van der Waals surface area contributed by atoms with Gasteiger partial charge in [-0.15, -0.1) is 0 Å². The van der Waals surface area contributed by atoms with Crippen LogP contribution < -0.4 is 29.6 Å². The van der Waals surface area contributed by atoms with Crippen molar-refractivity contribution in [2.45, 2.75) is 30.4 Å². The van der Waals surface area contributed by atoms with Crippen molar-refractivity contribution < 1.29 is 68.9 Å². The Kier molecular flexibility index (Phi) is 6.94. The van der Waals surface area contributed by atoms with Crippen LogP contribution in [0.4, 0.5) is 26.3 Å². The predicted octanol–water partition coefficient (Wildman–Crippen LogP) is -1.19. The molecule has 0 saturated heterocycles. The van der Waals surface area contributed by atoms with E-state index in [0.717, 1.165) is 0 Å².